The van der Waals surface area contributed by atoms with Gasteiger partial charge in [-0.1, -0.05) is 0 Å². The van der Waals surface area contributed by atoms with Gasteiger partial charge < -0.3 is 20.1 Å². The average molecular weight is 261 g/mol. The molecule has 0 radical (unpaired) electrons. The highest BCUT2D eigenvalue weighted by Gasteiger charge is 2.05. The Morgan fingerprint density at radius 1 is 0.895 bits per heavy atom. The van der Waals surface area contributed by atoms with E-state index in [1.54, 1.807) is 14.2 Å². The summed E-state index contributed by atoms with van der Waals surface area (Å²) in [6.07, 6.45) is 0. The standard InChI is InChI=1S/C12H15N5O2/c1-13-10-15-11(17-12(16-10)19-3)14-8-4-6-9(18-2)7-5-8/h4-7H,1-3H3,(H2,13,14,15,16,17). The summed E-state index contributed by atoms with van der Waals surface area (Å²) in [7, 11) is 4.86. The lowest BCUT2D eigenvalue weighted by Gasteiger charge is -2.08. The molecule has 0 atom stereocenters. The second-order valence-electron chi connectivity index (χ2n) is 3.57. The lowest BCUT2D eigenvalue weighted by atomic mass is 10.3. The van der Waals surface area contributed by atoms with Crippen molar-refractivity contribution in [1.82, 2.24) is 15.0 Å². The first-order valence-corrected chi connectivity index (χ1v) is 5.64. The minimum Gasteiger partial charge on any atom is -0.497 e. The van der Waals surface area contributed by atoms with Crippen molar-refractivity contribution in [2.24, 2.45) is 0 Å². The second kappa shape index (κ2) is 5.85. The van der Waals surface area contributed by atoms with E-state index in [0.717, 1.165) is 11.4 Å². The summed E-state index contributed by atoms with van der Waals surface area (Å²) < 4.78 is 10.1. The van der Waals surface area contributed by atoms with Crippen LogP contribution in [0.1, 0.15) is 0 Å². The molecule has 0 unspecified atom stereocenters. The molecule has 19 heavy (non-hydrogen) atoms. The zero-order valence-corrected chi connectivity index (χ0v) is 11.0. The van der Waals surface area contributed by atoms with Crippen LogP contribution in [-0.2, 0) is 0 Å². The van der Waals surface area contributed by atoms with Crippen LogP contribution in [0.5, 0.6) is 11.8 Å². The number of ether oxygens (including phenoxy) is 2. The van der Waals surface area contributed by atoms with Gasteiger partial charge in [-0.15, -0.1) is 0 Å². The number of rotatable bonds is 5. The predicted octanol–water partition coefficient (Wildman–Crippen LogP) is 1.67. The number of hydrogen-bond donors (Lipinski definition) is 2. The predicted molar refractivity (Wildman–Crippen MR) is 72.2 cm³/mol. The summed E-state index contributed by atoms with van der Waals surface area (Å²) in [5, 5.41) is 5.91. The summed E-state index contributed by atoms with van der Waals surface area (Å²) in [6.45, 7) is 0. The fourth-order valence-electron chi connectivity index (χ4n) is 1.42. The minimum absolute atomic E-state index is 0.246. The van der Waals surface area contributed by atoms with Gasteiger partial charge in [0.05, 0.1) is 14.2 Å². The summed E-state index contributed by atoms with van der Waals surface area (Å²) in [5.74, 6) is 1.62. The fraction of sp³-hybridized carbons (Fsp3) is 0.250. The van der Waals surface area contributed by atoms with Crippen molar-refractivity contribution in [3.8, 4) is 11.8 Å². The van der Waals surface area contributed by atoms with Crippen LogP contribution in [0.25, 0.3) is 0 Å². The Hall–Kier alpha value is -2.57. The number of benzene rings is 1. The molecule has 1 aromatic carbocycles. The molecule has 100 valence electrons. The quantitative estimate of drug-likeness (QED) is 0.847. The van der Waals surface area contributed by atoms with E-state index in [1.807, 2.05) is 24.3 Å². The number of aromatic nitrogens is 3. The van der Waals surface area contributed by atoms with Gasteiger partial charge in [-0.25, -0.2) is 0 Å². The highest BCUT2D eigenvalue weighted by atomic mass is 16.5. The largest absolute Gasteiger partial charge is 0.497 e. The number of nitrogens with zero attached hydrogens (tertiary/aromatic N) is 3. The summed E-state index contributed by atoms with van der Waals surface area (Å²) in [5.41, 5.74) is 0.844. The molecule has 2 aromatic rings. The van der Waals surface area contributed by atoms with Crippen molar-refractivity contribution in [2.45, 2.75) is 0 Å². The molecule has 0 amide bonds. The van der Waals surface area contributed by atoms with Gasteiger partial charge >= 0.3 is 6.01 Å². The third kappa shape index (κ3) is 3.21. The van der Waals surface area contributed by atoms with Gasteiger partial charge in [0.15, 0.2) is 0 Å². The monoisotopic (exact) mass is 261 g/mol. The molecule has 0 aliphatic carbocycles. The van der Waals surface area contributed by atoms with Crippen LogP contribution in [0.4, 0.5) is 17.6 Å². The molecule has 1 aromatic heterocycles. The zero-order chi connectivity index (χ0) is 13.7. The van der Waals surface area contributed by atoms with Crippen LogP contribution >= 0.6 is 0 Å². The van der Waals surface area contributed by atoms with E-state index >= 15 is 0 Å². The molecular formula is C12H15N5O2. The molecule has 0 saturated heterocycles. The third-order valence-electron chi connectivity index (χ3n) is 2.37. The van der Waals surface area contributed by atoms with Crippen LogP contribution < -0.4 is 20.1 Å². The first-order valence-electron chi connectivity index (χ1n) is 5.64. The lowest BCUT2D eigenvalue weighted by Crippen LogP contribution is -2.05. The van der Waals surface area contributed by atoms with Crippen LogP contribution in [0.15, 0.2) is 24.3 Å². The first kappa shape index (κ1) is 12.9. The molecule has 0 saturated carbocycles. The molecule has 2 rings (SSSR count). The number of methoxy groups -OCH3 is 2. The summed E-state index contributed by atoms with van der Waals surface area (Å²) >= 11 is 0. The second-order valence-corrected chi connectivity index (χ2v) is 3.57. The van der Waals surface area contributed by atoms with Gasteiger partial charge in [-0.2, -0.15) is 15.0 Å². The Bertz CT molecular complexity index is 522. The van der Waals surface area contributed by atoms with Gasteiger partial charge in [0.25, 0.3) is 0 Å². The van der Waals surface area contributed by atoms with E-state index in [0.29, 0.717) is 11.9 Å². The smallest absolute Gasteiger partial charge is 0.322 e. The van der Waals surface area contributed by atoms with Crippen molar-refractivity contribution < 1.29 is 9.47 Å². The van der Waals surface area contributed by atoms with Crippen molar-refractivity contribution in [1.29, 1.82) is 0 Å². The lowest BCUT2D eigenvalue weighted by molar-refractivity contribution is 0.379. The van der Waals surface area contributed by atoms with Crippen LogP contribution in [-0.4, -0.2) is 36.2 Å². The summed E-state index contributed by atoms with van der Waals surface area (Å²) in [6, 6.07) is 7.68. The number of nitrogens with one attached hydrogen (secondary N) is 2. The summed E-state index contributed by atoms with van der Waals surface area (Å²) in [4.78, 5) is 12.3. The average Bonchev–Trinajstić information content (AvgIpc) is 2.47. The van der Waals surface area contributed by atoms with Gasteiger partial charge in [0.1, 0.15) is 5.75 Å². The van der Waals surface area contributed by atoms with Crippen LogP contribution in [0.3, 0.4) is 0 Å². The van der Waals surface area contributed by atoms with Gasteiger partial charge in [-0.3, -0.25) is 0 Å². The highest BCUT2D eigenvalue weighted by molar-refractivity contribution is 5.55. The van der Waals surface area contributed by atoms with Gasteiger partial charge in [0.2, 0.25) is 11.9 Å². The number of hydrogen-bond acceptors (Lipinski definition) is 7. The SMILES string of the molecule is CNc1nc(Nc2ccc(OC)cc2)nc(OC)n1. The Morgan fingerprint density at radius 3 is 2.16 bits per heavy atom. The molecule has 0 aliphatic rings. The van der Waals surface area contributed by atoms with E-state index in [9.17, 15) is 0 Å². The van der Waals surface area contributed by atoms with Crippen LogP contribution in [0, 0.1) is 0 Å². The maximum absolute atomic E-state index is 5.09. The molecule has 0 spiro atoms. The van der Waals surface area contributed by atoms with Crippen molar-refractivity contribution in [2.75, 3.05) is 31.9 Å². The zero-order valence-electron chi connectivity index (χ0n) is 11.0. The Balaban J connectivity index is 2.21. The Labute approximate surface area is 111 Å². The molecule has 7 heteroatoms. The van der Waals surface area contributed by atoms with Gasteiger partial charge in [0, 0.05) is 12.7 Å². The molecule has 0 aliphatic heterocycles. The molecule has 1 heterocycles. The van der Waals surface area contributed by atoms with Gasteiger partial charge in [-0.05, 0) is 24.3 Å². The molecular weight excluding hydrogens is 246 g/mol. The Morgan fingerprint density at radius 2 is 1.58 bits per heavy atom. The number of anilines is 3. The fourth-order valence-corrected chi connectivity index (χ4v) is 1.42. The molecule has 2 N–H and O–H groups in total. The molecule has 0 fully saturated rings. The topological polar surface area (TPSA) is 81.2 Å². The maximum Gasteiger partial charge on any atom is 0.322 e. The molecule has 0 bridgehead atoms. The van der Waals surface area contributed by atoms with E-state index in [-0.39, 0.29) is 6.01 Å². The van der Waals surface area contributed by atoms with Crippen molar-refractivity contribution in [3.63, 3.8) is 0 Å². The van der Waals surface area contributed by atoms with Crippen molar-refractivity contribution >= 4 is 17.6 Å². The minimum atomic E-state index is 0.246. The van der Waals surface area contributed by atoms with E-state index < -0.39 is 0 Å². The van der Waals surface area contributed by atoms with E-state index in [1.165, 1.54) is 7.11 Å². The molecule has 7 nitrogen and oxygen atoms in total. The van der Waals surface area contributed by atoms with Crippen LogP contribution in [0.2, 0.25) is 0 Å². The van der Waals surface area contributed by atoms with Crippen molar-refractivity contribution in [3.05, 3.63) is 24.3 Å². The van der Waals surface area contributed by atoms with E-state index in [4.69, 9.17) is 9.47 Å². The van der Waals surface area contributed by atoms with E-state index in [2.05, 4.69) is 25.6 Å². The highest BCUT2D eigenvalue weighted by Crippen LogP contribution is 2.19. The first-order chi connectivity index (χ1) is 9.25. The maximum atomic E-state index is 5.09. The third-order valence-corrected chi connectivity index (χ3v) is 2.37. The normalized spacial score (nSPS) is 9.84. The Kier molecular flexibility index (Phi) is 3.97.